The van der Waals surface area contributed by atoms with Crippen LogP contribution in [0.15, 0.2) is 33.8 Å². The number of benzene rings is 1. The molecule has 0 saturated carbocycles. The Morgan fingerprint density at radius 3 is 2.83 bits per heavy atom. The molecule has 0 aliphatic carbocycles. The Morgan fingerprint density at radius 2 is 2.29 bits per heavy atom. The lowest BCUT2D eigenvalue weighted by molar-refractivity contribution is 0.583. The third kappa shape index (κ3) is 3.01. The molecule has 1 aliphatic rings. The molecule has 4 N–H and O–H groups in total. The Kier molecular flexibility index (Phi) is 4.32. The van der Waals surface area contributed by atoms with Crippen LogP contribution in [0.3, 0.4) is 0 Å². The second-order valence-corrected chi connectivity index (χ2v) is 7.29. The van der Waals surface area contributed by atoms with Gasteiger partial charge in [0.15, 0.2) is 5.88 Å². The number of nitrogens with two attached hydrogens (primary N) is 1. The summed E-state index contributed by atoms with van der Waals surface area (Å²) < 4.78 is 29.8. The average Bonchev–Trinajstić information content (AvgIpc) is 3.20. The first kappa shape index (κ1) is 16.5. The van der Waals surface area contributed by atoms with Crippen molar-refractivity contribution in [1.29, 1.82) is 5.26 Å². The van der Waals surface area contributed by atoms with Gasteiger partial charge in [0.05, 0.1) is 22.8 Å². The summed E-state index contributed by atoms with van der Waals surface area (Å²) in [5.41, 5.74) is 1.79. The van der Waals surface area contributed by atoms with E-state index < -0.39 is 10.0 Å². The highest BCUT2D eigenvalue weighted by Gasteiger charge is 2.30. The van der Waals surface area contributed by atoms with Gasteiger partial charge in [-0.1, -0.05) is 0 Å². The zero-order valence-electron chi connectivity index (χ0n) is 13.2. The zero-order chi connectivity index (χ0) is 17.3. The molecule has 0 spiro atoms. The van der Waals surface area contributed by atoms with Crippen LogP contribution in [0.4, 0.5) is 11.6 Å². The van der Waals surface area contributed by atoms with Gasteiger partial charge >= 0.3 is 0 Å². The minimum absolute atomic E-state index is 0.0118. The van der Waals surface area contributed by atoms with Crippen LogP contribution in [0.1, 0.15) is 29.0 Å². The fourth-order valence-electron chi connectivity index (χ4n) is 3.15. The van der Waals surface area contributed by atoms with Gasteiger partial charge in [-0.05, 0) is 37.6 Å². The predicted molar refractivity (Wildman–Crippen MR) is 89.5 cm³/mol. The number of rotatable bonds is 4. The Balaban J connectivity index is 2.27. The van der Waals surface area contributed by atoms with Gasteiger partial charge in [0, 0.05) is 29.8 Å². The fraction of sp³-hybridized carbons (Fsp3) is 0.312. The average molecular weight is 346 g/mol. The maximum absolute atomic E-state index is 12.3. The van der Waals surface area contributed by atoms with E-state index in [0.29, 0.717) is 29.2 Å². The molecule has 2 heterocycles. The molecular formula is C16H18N4O3S. The van der Waals surface area contributed by atoms with Gasteiger partial charge in [0.2, 0.25) is 10.0 Å². The highest BCUT2D eigenvalue weighted by atomic mass is 32.2. The third-order valence-electron chi connectivity index (χ3n) is 4.22. The molecule has 1 saturated heterocycles. The summed E-state index contributed by atoms with van der Waals surface area (Å²) >= 11 is 0. The molecule has 3 rings (SSSR count). The Bertz CT molecular complexity index is 892. The smallest absolute Gasteiger partial charge is 0.238 e. The van der Waals surface area contributed by atoms with Crippen LogP contribution in [0.25, 0.3) is 0 Å². The number of furan rings is 1. The fourth-order valence-corrected chi connectivity index (χ4v) is 4.27. The summed E-state index contributed by atoms with van der Waals surface area (Å²) in [6, 6.07) is 7.14. The topological polar surface area (TPSA) is 121 Å². The monoisotopic (exact) mass is 346 g/mol. The SMILES string of the molecule is Cc1c(C#N)cc(Nc2ccco2)c(C2CCNC2)c1S(N)(=O)=O. The van der Waals surface area contributed by atoms with Crippen molar-refractivity contribution in [2.45, 2.75) is 24.2 Å². The van der Waals surface area contributed by atoms with E-state index in [0.717, 1.165) is 13.0 Å². The van der Waals surface area contributed by atoms with Crippen molar-refractivity contribution in [3.63, 3.8) is 0 Å². The van der Waals surface area contributed by atoms with Crippen molar-refractivity contribution in [3.8, 4) is 6.07 Å². The summed E-state index contributed by atoms with van der Waals surface area (Å²) in [5, 5.41) is 21.2. The van der Waals surface area contributed by atoms with Gasteiger partial charge in [0.1, 0.15) is 0 Å². The minimum atomic E-state index is -3.99. The molecule has 2 aromatic rings. The molecule has 1 aliphatic heterocycles. The van der Waals surface area contributed by atoms with Gasteiger partial charge in [-0.25, -0.2) is 13.6 Å². The van der Waals surface area contributed by atoms with Crippen molar-refractivity contribution >= 4 is 21.6 Å². The maximum Gasteiger partial charge on any atom is 0.238 e. The summed E-state index contributed by atoms with van der Waals surface area (Å²) in [7, 11) is -3.99. The molecule has 0 amide bonds. The number of nitrogens with zero attached hydrogens (tertiary/aromatic N) is 1. The Labute approximate surface area is 140 Å². The molecule has 8 heteroatoms. The number of primary sulfonamides is 1. The van der Waals surface area contributed by atoms with Crippen molar-refractivity contribution in [2.75, 3.05) is 18.4 Å². The van der Waals surface area contributed by atoms with Gasteiger partial charge < -0.3 is 15.1 Å². The van der Waals surface area contributed by atoms with E-state index in [1.807, 2.05) is 6.07 Å². The molecule has 7 nitrogen and oxygen atoms in total. The van der Waals surface area contributed by atoms with E-state index in [2.05, 4.69) is 10.6 Å². The first-order chi connectivity index (χ1) is 11.4. The second kappa shape index (κ2) is 6.28. The third-order valence-corrected chi connectivity index (χ3v) is 5.32. The van der Waals surface area contributed by atoms with Crippen LogP contribution in [-0.4, -0.2) is 21.5 Å². The molecule has 1 fully saturated rings. The summed E-state index contributed by atoms with van der Waals surface area (Å²) in [6.07, 6.45) is 2.31. The first-order valence-electron chi connectivity index (χ1n) is 7.53. The molecule has 0 radical (unpaired) electrons. The second-order valence-electron chi connectivity index (χ2n) is 5.79. The van der Waals surface area contributed by atoms with Crippen molar-refractivity contribution in [1.82, 2.24) is 5.32 Å². The summed E-state index contributed by atoms with van der Waals surface area (Å²) in [4.78, 5) is 0.0318. The number of nitriles is 1. The number of nitrogens with one attached hydrogen (secondary N) is 2. The zero-order valence-corrected chi connectivity index (χ0v) is 14.0. The quantitative estimate of drug-likeness (QED) is 0.778. The van der Waals surface area contributed by atoms with Crippen LogP contribution in [0.5, 0.6) is 0 Å². The van der Waals surface area contributed by atoms with Gasteiger partial charge in [-0.15, -0.1) is 0 Å². The van der Waals surface area contributed by atoms with E-state index >= 15 is 0 Å². The molecule has 1 aromatic heterocycles. The standard InChI is InChI=1S/C16H18N4O3S/c1-10-12(8-17)7-13(20-14-3-2-6-23-14)15(11-4-5-19-9-11)16(10)24(18,21)22/h2-3,6-7,11,19-20H,4-5,9H2,1H3,(H2,18,21,22). The van der Waals surface area contributed by atoms with Crippen LogP contribution < -0.4 is 15.8 Å². The number of anilines is 2. The van der Waals surface area contributed by atoms with Crippen LogP contribution in [0.2, 0.25) is 0 Å². The molecule has 1 atom stereocenters. The molecule has 1 unspecified atom stereocenters. The van der Waals surface area contributed by atoms with E-state index in [9.17, 15) is 13.7 Å². The number of sulfonamides is 1. The van der Waals surface area contributed by atoms with E-state index in [4.69, 9.17) is 9.56 Å². The van der Waals surface area contributed by atoms with Crippen molar-refractivity contribution < 1.29 is 12.8 Å². The Morgan fingerprint density at radius 1 is 1.50 bits per heavy atom. The molecular weight excluding hydrogens is 328 g/mol. The van der Waals surface area contributed by atoms with E-state index in [-0.39, 0.29) is 16.4 Å². The van der Waals surface area contributed by atoms with Crippen LogP contribution >= 0.6 is 0 Å². The van der Waals surface area contributed by atoms with Crippen LogP contribution in [0, 0.1) is 18.3 Å². The highest BCUT2D eigenvalue weighted by molar-refractivity contribution is 7.89. The molecule has 126 valence electrons. The predicted octanol–water partition coefficient (Wildman–Crippen LogP) is 1.93. The Hall–Kier alpha value is -2.34. The summed E-state index contributed by atoms with van der Waals surface area (Å²) in [5.74, 6) is 0.456. The minimum Gasteiger partial charge on any atom is -0.449 e. The highest BCUT2D eigenvalue weighted by Crippen LogP contribution is 2.39. The van der Waals surface area contributed by atoms with Gasteiger partial charge in [-0.3, -0.25) is 0 Å². The van der Waals surface area contributed by atoms with Crippen molar-refractivity contribution in [2.24, 2.45) is 5.14 Å². The molecule has 1 aromatic carbocycles. The maximum atomic E-state index is 12.3. The lowest BCUT2D eigenvalue weighted by Crippen LogP contribution is -2.20. The first-order valence-corrected chi connectivity index (χ1v) is 9.08. The molecule has 24 heavy (non-hydrogen) atoms. The van der Waals surface area contributed by atoms with Gasteiger partial charge in [0.25, 0.3) is 0 Å². The number of hydrogen-bond donors (Lipinski definition) is 3. The van der Waals surface area contributed by atoms with Gasteiger partial charge in [-0.2, -0.15) is 5.26 Å². The lowest BCUT2D eigenvalue weighted by Gasteiger charge is -2.21. The van der Waals surface area contributed by atoms with Crippen LogP contribution in [-0.2, 0) is 10.0 Å². The molecule has 0 bridgehead atoms. The van der Waals surface area contributed by atoms with E-state index in [1.54, 1.807) is 25.1 Å². The van der Waals surface area contributed by atoms with Crippen molar-refractivity contribution in [3.05, 3.63) is 41.2 Å². The number of hydrogen-bond acceptors (Lipinski definition) is 6. The lowest BCUT2D eigenvalue weighted by atomic mass is 9.92. The normalized spacial score (nSPS) is 17.6. The largest absolute Gasteiger partial charge is 0.449 e. The van der Waals surface area contributed by atoms with E-state index in [1.165, 1.54) is 6.26 Å². The summed E-state index contributed by atoms with van der Waals surface area (Å²) in [6.45, 7) is 3.06.